The van der Waals surface area contributed by atoms with Gasteiger partial charge in [0.15, 0.2) is 0 Å². The lowest BCUT2D eigenvalue weighted by Gasteiger charge is -2.18. The van der Waals surface area contributed by atoms with E-state index in [4.69, 9.17) is 11.6 Å². The van der Waals surface area contributed by atoms with Gasteiger partial charge in [-0.25, -0.2) is 8.78 Å². The normalized spacial score (nSPS) is 12.3. The molecule has 2 aromatic carbocycles. The molecule has 1 atom stereocenters. The van der Waals surface area contributed by atoms with Crippen LogP contribution in [0.3, 0.4) is 0 Å². The topological polar surface area (TPSA) is 12.0 Å². The Bertz CT molecular complexity index is 626. The lowest BCUT2D eigenvalue weighted by atomic mass is 10.1. The zero-order chi connectivity index (χ0) is 14.9. The van der Waals surface area contributed by atoms with Gasteiger partial charge < -0.3 is 5.32 Å². The Kier molecular flexibility index (Phi) is 5.04. The van der Waals surface area contributed by atoms with Gasteiger partial charge in [-0.3, -0.25) is 0 Å². The Labute approximate surface area is 137 Å². The van der Waals surface area contributed by atoms with E-state index in [1.54, 1.807) is 12.1 Å². The zero-order valence-electron chi connectivity index (χ0n) is 10.4. The zero-order valence-corrected chi connectivity index (χ0v) is 14.3. The fraction of sp³-hybridized carbons (Fsp3) is 0.143. The fourth-order valence-corrected chi connectivity index (χ4v) is 3.08. The summed E-state index contributed by atoms with van der Waals surface area (Å²) in [6.07, 6.45) is 0. The van der Waals surface area contributed by atoms with Gasteiger partial charge >= 0.3 is 0 Å². The predicted octanol–water partition coefficient (Wildman–Crippen LogP) is 6.32. The number of hydrogen-bond donors (Lipinski definition) is 1. The van der Waals surface area contributed by atoms with E-state index < -0.39 is 5.82 Å². The molecule has 0 fully saturated rings. The van der Waals surface area contributed by atoms with Crippen molar-refractivity contribution < 1.29 is 8.78 Å². The summed E-state index contributed by atoms with van der Waals surface area (Å²) in [6.45, 7) is 1.91. The molecule has 106 valence electrons. The molecule has 0 aliphatic carbocycles. The van der Waals surface area contributed by atoms with E-state index in [-0.39, 0.29) is 16.9 Å². The Morgan fingerprint density at radius 1 is 1.10 bits per heavy atom. The van der Waals surface area contributed by atoms with E-state index in [0.717, 1.165) is 5.56 Å². The summed E-state index contributed by atoms with van der Waals surface area (Å²) in [7, 11) is 0. The van der Waals surface area contributed by atoms with Crippen LogP contribution < -0.4 is 5.32 Å². The van der Waals surface area contributed by atoms with Gasteiger partial charge in [-0.2, -0.15) is 0 Å². The van der Waals surface area contributed by atoms with E-state index >= 15 is 0 Å². The van der Waals surface area contributed by atoms with E-state index in [1.165, 1.54) is 18.2 Å². The van der Waals surface area contributed by atoms with Crippen molar-refractivity contribution in [1.29, 1.82) is 0 Å². The van der Waals surface area contributed by atoms with Gasteiger partial charge in [0.1, 0.15) is 11.6 Å². The smallest absolute Gasteiger partial charge is 0.137 e. The minimum atomic E-state index is -0.412. The molecule has 0 saturated carbocycles. The number of rotatable bonds is 3. The number of hydrogen-bond acceptors (Lipinski definition) is 1. The predicted molar refractivity (Wildman–Crippen MR) is 85.2 cm³/mol. The highest BCUT2D eigenvalue weighted by Crippen LogP contribution is 2.34. The van der Waals surface area contributed by atoms with Gasteiger partial charge in [0.25, 0.3) is 0 Å². The van der Waals surface area contributed by atoms with E-state index in [9.17, 15) is 8.78 Å². The molecule has 0 saturated heterocycles. The Balaban J connectivity index is 2.27. The second-order valence-corrected chi connectivity index (χ2v) is 6.40. The second kappa shape index (κ2) is 6.41. The van der Waals surface area contributed by atoms with Crippen molar-refractivity contribution in [3.05, 3.63) is 61.5 Å². The monoisotopic (exact) mass is 423 g/mol. The highest BCUT2D eigenvalue weighted by atomic mass is 79.9. The van der Waals surface area contributed by atoms with Gasteiger partial charge in [0.05, 0.1) is 15.2 Å². The minimum Gasteiger partial charge on any atom is -0.376 e. The maximum absolute atomic E-state index is 13.2. The molecule has 1 N–H and O–H groups in total. The SMILES string of the molecule is CC(Nc1c(Cl)cc(F)cc1Br)c1ccc(F)c(Br)c1. The molecule has 0 amide bonds. The summed E-state index contributed by atoms with van der Waals surface area (Å²) in [5.74, 6) is -0.730. The van der Waals surface area contributed by atoms with Gasteiger partial charge in [0.2, 0.25) is 0 Å². The summed E-state index contributed by atoms with van der Waals surface area (Å²) in [5, 5.41) is 3.46. The molecular formula is C14H10Br2ClF2N. The number of nitrogens with one attached hydrogen (secondary N) is 1. The average Bonchev–Trinajstić information content (AvgIpc) is 2.36. The first-order valence-corrected chi connectivity index (χ1v) is 7.71. The molecule has 0 spiro atoms. The molecule has 0 aliphatic rings. The highest BCUT2D eigenvalue weighted by Gasteiger charge is 2.13. The van der Waals surface area contributed by atoms with Gasteiger partial charge in [-0.05, 0) is 68.6 Å². The molecule has 0 bridgehead atoms. The van der Waals surface area contributed by atoms with Gasteiger partial charge in [-0.15, -0.1) is 0 Å². The van der Waals surface area contributed by atoms with Crippen molar-refractivity contribution in [1.82, 2.24) is 0 Å². The molecule has 1 unspecified atom stereocenters. The number of benzene rings is 2. The Morgan fingerprint density at radius 2 is 1.80 bits per heavy atom. The van der Waals surface area contributed by atoms with Gasteiger partial charge in [0, 0.05) is 10.5 Å². The highest BCUT2D eigenvalue weighted by molar-refractivity contribution is 9.10. The number of halogens is 5. The third-order valence-electron chi connectivity index (χ3n) is 2.81. The van der Waals surface area contributed by atoms with Crippen LogP contribution >= 0.6 is 43.5 Å². The molecule has 0 aromatic heterocycles. The van der Waals surface area contributed by atoms with Crippen molar-refractivity contribution in [2.45, 2.75) is 13.0 Å². The molecule has 20 heavy (non-hydrogen) atoms. The third kappa shape index (κ3) is 3.51. The molecule has 0 heterocycles. The summed E-state index contributed by atoms with van der Waals surface area (Å²) in [6, 6.07) is 7.22. The number of anilines is 1. The average molecular weight is 425 g/mol. The molecule has 0 aliphatic heterocycles. The quantitative estimate of drug-likeness (QED) is 0.607. The van der Waals surface area contributed by atoms with E-state index in [0.29, 0.717) is 14.6 Å². The van der Waals surface area contributed by atoms with E-state index in [1.807, 2.05) is 6.92 Å². The third-order valence-corrected chi connectivity index (χ3v) is 4.34. The minimum absolute atomic E-state index is 0.119. The van der Waals surface area contributed by atoms with Crippen LogP contribution in [0.5, 0.6) is 0 Å². The van der Waals surface area contributed by atoms with Crippen LogP contribution in [0.15, 0.2) is 39.3 Å². The Morgan fingerprint density at radius 3 is 2.40 bits per heavy atom. The van der Waals surface area contributed by atoms with Crippen LogP contribution in [-0.2, 0) is 0 Å². The van der Waals surface area contributed by atoms with Crippen LogP contribution in [0, 0.1) is 11.6 Å². The van der Waals surface area contributed by atoms with Crippen molar-refractivity contribution in [2.24, 2.45) is 0 Å². The van der Waals surface area contributed by atoms with E-state index in [2.05, 4.69) is 37.2 Å². The summed E-state index contributed by atoms with van der Waals surface area (Å²) in [5.41, 5.74) is 1.48. The summed E-state index contributed by atoms with van der Waals surface area (Å²) >= 11 is 12.4. The standard InChI is InChI=1S/C14H10Br2ClF2N/c1-7(8-2-3-13(19)10(15)4-8)20-14-11(16)5-9(18)6-12(14)17/h2-7,20H,1H3. The lowest BCUT2D eigenvalue weighted by Crippen LogP contribution is -2.08. The first-order chi connectivity index (χ1) is 9.38. The molecule has 2 rings (SSSR count). The molecule has 6 heteroatoms. The van der Waals surface area contributed by atoms with Gasteiger partial charge in [-0.1, -0.05) is 17.7 Å². The molecule has 0 radical (unpaired) electrons. The van der Waals surface area contributed by atoms with Crippen molar-refractivity contribution in [3.8, 4) is 0 Å². The van der Waals surface area contributed by atoms with Crippen molar-refractivity contribution >= 4 is 49.1 Å². The first-order valence-electron chi connectivity index (χ1n) is 5.74. The molecular weight excluding hydrogens is 415 g/mol. The van der Waals surface area contributed by atoms with Crippen LogP contribution in [-0.4, -0.2) is 0 Å². The largest absolute Gasteiger partial charge is 0.376 e. The van der Waals surface area contributed by atoms with Crippen LogP contribution in [0.1, 0.15) is 18.5 Å². The molecule has 1 nitrogen and oxygen atoms in total. The van der Waals surface area contributed by atoms with Crippen molar-refractivity contribution in [3.63, 3.8) is 0 Å². The summed E-state index contributed by atoms with van der Waals surface area (Å²) in [4.78, 5) is 0. The molecule has 2 aromatic rings. The van der Waals surface area contributed by atoms with Crippen molar-refractivity contribution in [2.75, 3.05) is 5.32 Å². The fourth-order valence-electron chi connectivity index (χ4n) is 1.76. The maximum Gasteiger partial charge on any atom is 0.137 e. The van der Waals surface area contributed by atoms with Crippen LogP contribution in [0.2, 0.25) is 5.02 Å². The summed E-state index contributed by atoms with van der Waals surface area (Å²) < 4.78 is 27.3. The van der Waals surface area contributed by atoms with Crippen LogP contribution in [0.4, 0.5) is 14.5 Å². The van der Waals surface area contributed by atoms with Crippen LogP contribution in [0.25, 0.3) is 0 Å². The Hall–Kier alpha value is -0.650. The first kappa shape index (κ1) is 15.7. The second-order valence-electron chi connectivity index (χ2n) is 4.28. The maximum atomic E-state index is 13.2. The lowest BCUT2D eigenvalue weighted by molar-refractivity contribution is 0.619.